The predicted molar refractivity (Wildman–Crippen MR) is 86.3 cm³/mol. The van der Waals surface area contributed by atoms with Crippen LogP contribution < -0.4 is 5.32 Å². The van der Waals surface area contributed by atoms with E-state index in [1.807, 2.05) is 0 Å². The van der Waals surface area contributed by atoms with Gasteiger partial charge in [0.1, 0.15) is 5.01 Å². The molecule has 0 unspecified atom stereocenters. The lowest BCUT2D eigenvalue weighted by atomic mass is 10.1. The lowest BCUT2D eigenvalue weighted by Crippen LogP contribution is -2.11. The highest BCUT2D eigenvalue weighted by molar-refractivity contribution is 7.15. The topological polar surface area (TPSA) is 93.8 Å². The number of anilines is 1. The molecule has 3 rings (SSSR count). The Morgan fingerprint density at radius 1 is 1.26 bits per heavy atom. The van der Waals surface area contributed by atoms with Gasteiger partial charge in [0.05, 0.1) is 0 Å². The molecule has 2 aromatic heterocycles. The average molecular weight is 329 g/mol. The highest BCUT2D eigenvalue weighted by Crippen LogP contribution is 2.20. The summed E-state index contributed by atoms with van der Waals surface area (Å²) < 4.78 is 5.09. The maximum Gasteiger partial charge on any atom is 0.257 e. The molecule has 3 aromatic rings. The summed E-state index contributed by atoms with van der Waals surface area (Å²) in [4.78, 5) is 16.4. The molecule has 0 spiro atoms. The van der Waals surface area contributed by atoms with E-state index in [-0.39, 0.29) is 5.91 Å². The van der Waals surface area contributed by atoms with Crippen molar-refractivity contribution in [2.75, 3.05) is 5.32 Å². The number of carbonyl (C=O) groups is 1. The first-order valence-electron chi connectivity index (χ1n) is 7.20. The van der Waals surface area contributed by atoms with Crippen molar-refractivity contribution >= 4 is 22.4 Å². The van der Waals surface area contributed by atoms with Gasteiger partial charge in [-0.3, -0.25) is 10.1 Å². The third-order valence-corrected chi connectivity index (χ3v) is 3.97. The number of aryl methyl sites for hydroxylation is 2. The van der Waals surface area contributed by atoms with Gasteiger partial charge in [0.25, 0.3) is 11.8 Å². The van der Waals surface area contributed by atoms with Gasteiger partial charge in [-0.15, -0.1) is 10.2 Å². The van der Waals surface area contributed by atoms with Gasteiger partial charge >= 0.3 is 0 Å². The summed E-state index contributed by atoms with van der Waals surface area (Å²) in [5.41, 5.74) is 1.29. The largest absolute Gasteiger partial charge is 0.334 e. The van der Waals surface area contributed by atoms with Gasteiger partial charge in [-0.2, -0.15) is 4.98 Å². The molecule has 1 aromatic carbocycles. The second-order valence-corrected chi connectivity index (χ2v) is 5.99. The Morgan fingerprint density at radius 3 is 2.70 bits per heavy atom. The first kappa shape index (κ1) is 15.3. The zero-order valence-corrected chi connectivity index (χ0v) is 13.6. The summed E-state index contributed by atoms with van der Waals surface area (Å²) in [6, 6.07) is 6.95. The Morgan fingerprint density at radius 2 is 2.04 bits per heavy atom. The normalized spacial score (nSPS) is 10.7. The van der Waals surface area contributed by atoms with Crippen molar-refractivity contribution in [1.29, 1.82) is 0 Å². The second kappa shape index (κ2) is 6.66. The fraction of sp³-hybridized carbons (Fsp3) is 0.267. The molecule has 8 heteroatoms. The predicted octanol–water partition coefficient (Wildman–Crippen LogP) is 3.10. The fourth-order valence-corrected chi connectivity index (χ4v) is 2.80. The molecule has 0 saturated carbocycles. The quantitative estimate of drug-likeness (QED) is 0.773. The van der Waals surface area contributed by atoms with E-state index in [1.165, 1.54) is 11.3 Å². The molecule has 1 N–H and O–H groups in total. The standard InChI is InChI=1S/C15H15N5O2S/c1-3-4-12-18-19-15(23-12)17-13(21)10-5-7-11(8-6-10)14-16-9(2)20-22-14/h5-8H,3-4H2,1-2H3,(H,17,19,21). The summed E-state index contributed by atoms with van der Waals surface area (Å²) in [5, 5.41) is 15.9. The van der Waals surface area contributed by atoms with Gasteiger partial charge in [-0.25, -0.2) is 0 Å². The van der Waals surface area contributed by atoms with Crippen molar-refractivity contribution in [3.05, 3.63) is 40.7 Å². The molecule has 1 amide bonds. The van der Waals surface area contributed by atoms with Crippen LogP contribution >= 0.6 is 11.3 Å². The molecule has 0 aliphatic heterocycles. The molecule has 0 aliphatic carbocycles. The van der Waals surface area contributed by atoms with Crippen LogP contribution in [0.4, 0.5) is 5.13 Å². The number of nitrogens with one attached hydrogen (secondary N) is 1. The minimum Gasteiger partial charge on any atom is -0.334 e. The molecule has 2 heterocycles. The monoisotopic (exact) mass is 329 g/mol. The van der Waals surface area contributed by atoms with Crippen molar-refractivity contribution in [1.82, 2.24) is 20.3 Å². The van der Waals surface area contributed by atoms with E-state index >= 15 is 0 Å². The lowest BCUT2D eigenvalue weighted by molar-refractivity contribution is 0.102. The van der Waals surface area contributed by atoms with Gasteiger partial charge in [-0.05, 0) is 37.6 Å². The highest BCUT2D eigenvalue weighted by Gasteiger charge is 2.11. The summed E-state index contributed by atoms with van der Waals surface area (Å²) in [6.45, 7) is 3.83. The number of hydrogen-bond donors (Lipinski definition) is 1. The minimum absolute atomic E-state index is 0.225. The maximum absolute atomic E-state index is 12.2. The van der Waals surface area contributed by atoms with E-state index in [4.69, 9.17) is 4.52 Å². The Hall–Kier alpha value is -2.61. The summed E-state index contributed by atoms with van der Waals surface area (Å²) >= 11 is 1.40. The highest BCUT2D eigenvalue weighted by atomic mass is 32.1. The molecule has 118 valence electrons. The Bertz CT molecular complexity index is 809. The molecule has 0 saturated heterocycles. The number of benzene rings is 1. The van der Waals surface area contributed by atoms with Crippen LogP contribution in [0.25, 0.3) is 11.5 Å². The van der Waals surface area contributed by atoms with Gasteiger partial charge in [0, 0.05) is 17.5 Å². The zero-order valence-electron chi connectivity index (χ0n) is 12.7. The van der Waals surface area contributed by atoms with Crippen LogP contribution in [-0.4, -0.2) is 26.2 Å². The molecule has 0 atom stereocenters. The lowest BCUT2D eigenvalue weighted by Gasteiger charge is -2.01. The van der Waals surface area contributed by atoms with Crippen LogP contribution in [0.1, 0.15) is 34.5 Å². The number of rotatable bonds is 5. The van der Waals surface area contributed by atoms with Crippen LogP contribution in [-0.2, 0) is 6.42 Å². The first-order chi connectivity index (χ1) is 11.2. The number of nitrogens with zero attached hydrogens (tertiary/aromatic N) is 4. The molecule has 0 bridgehead atoms. The van der Waals surface area contributed by atoms with Gasteiger partial charge in [-0.1, -0.05) is 23.4 Å². The molecule has 0 radical (unpaired) electrons. The van der Waals surface area contributed by atoms with E-state index in [2.05, 4.69) is 32.6 Å². The molecule has 7 nitrogen and oxygen atoms in total. The van der Waals surface area contributed by atoms with Crippen molar-refractivity contribution in [3.8, 4) is 11.5 Å². The van der Waals surface area contributed by atoms with Crippen LogP contribution in [0.15, 0.2) is 28.8 Å². The summed E-state index contributed by atoms with van der Waals surface area (Å²) in [5.74, 6) is 0.779. The number of aromatic nitrogens is 4. The zero-order chi connectivity index (χ0) is 16.2. The van der Waals surface area contributed by atoms with E-state index < -0.39 is 0 Å². The molecule has 23 heavy (non-hydrogen) atoms. The van der Waals surface area contributed by atoms with Crippen molar-refractivity contribution in [2.24, 2.45) is 0 Å². The van der Waals surface area contributed by atoms with E-state index in [1.54, 1.807) is 31.2 Å². The van der Waals surface area contributed by atoms with Crippen LogP contribution in [0.3, 0.4) is 0 Å². The minimum atomic E-state index is -0.225. The molecular formula is C15H15N5O2S. The van der Waals surface area contributed by atoms with Crippen molar-refractivity contribution in [3.63, 3.8) is 0 Å². The first-order valence-corrected chi connectivity index (χ1v) is 8.02. The average Bonchev–Trinajstić information content (AvgIpc) is 3.17. The number of hydrogen-bond acceptors (Lipinski definition) is 7. The Balaban J connectivity index is 1.69. The van der Waals surface area contributed by atoms with Crippen LogP contribution in [0.2, 0.25) is 0 Å². The van der Waals surface area contributed by atoms with E-state index in [9.17, 15) is 4.79 Å². The SMILES string of the molecule is CCCc1nnc(NC(=O)c2ccc(-c3nc(C)no3)cc2)s1. The van der Waals surface area contributed by atoms with E-state index in [0.29, 0.717) is 22.4 Å². The van der Waals surface area contributed by atoms with Crippen LogP contribution in [0, 0.1) is 6.92 Å². The fourth-order valence-electron chi connectivity index (χ4n) is 1.97. The summed E-state index contributed by atoms with van der Waals surface area (Å²) in [7, 11) is 0. The molecule has 0 aliphatic rings. The third-order valence-electron chi connectivity index (χ3n) is 3.07. The Kier molecular flexibility index (Phi) is 4.42. The second-order valence-electron chi connectivity index (χ2n) is 4.93. The Labute approximate surface area is 136 Å². The van der Waals surface area contributed by atoms with Crippen molar-refractivity contribution in [2.45, 2.75) is 26.7 Å². The number of carbonyl (C=O) groups excluding carboxylic acids is 1. The van der Waals surface area contributed by atoms with Gasteiger partial charge in [0.15, 0.2) is 5.82 Å². The van der Waals surface area contributed by atoms with Gasteiger partial charge < -0.3 is 4.52 Å². The van der Waals surface area contributed by atoms with Crippen LogP contribution in [0.5, 0.6) is 0 Å². The molecule has 0 fully saturated rings. The smallest absolute Gasteiger partial charge is 0.257 e. The molecular weight excluding hydrogens is 314 g/mol. The number of amides is 1. The van der Waals surface area contributed by atoms with E-state index in [0.717, 1.165) is 23.4 Å². The van der Waals surface area contributed by atoms with Crippen molar-refractivity contribution < 1.29 is 9.32 Å². The summed E-state index contributed by atoms with van der Waals surface area (Å²) in [6.07, 6.45) is 1.87. The maximum atomic E-state index is 12.2. The van der Waals surface area contributed by atoms with Gasteiger partial charge in [0.2, 0.25) is 5.13 Å². The third kappa shape index (κ3) is 3.59.